The highest BCUT2D eigenvalue weighted by atomic mass is 16.5. The Labute approximate surface area is 115 Å². The van der Waals surface area contributed by atoms with Gasteiger partial charge >= 0.3 is 0 Å². The number of rotatable bonds is 2. The van der Waals surface area contributed by atoms with Gasteiger partial charge in [-0.25, -0.2) is 4.90 Å². The number of fused-ring (bicyclic) bond motifs is 5. The second-order valence-electron chi connectivity index (χ2n) is 5.21. The molecule has 1 aromatic rings. The first-order valence-corrected chi connectivity index (χ1v) is 6.56. The monoisotopic (exact) mass is 271 g/mol. The van der Waals surface area contributed by atoms with Crippen molar-refractivity contribution in [2.45, 2.75) is 12.2 Å². The maximum absolute atomic E-state index is 12.5. The van der Waals surface area contributed by atoms with E-state index in [1.165, 1.54) is 4.90 Å². The lowest BCUT2D eigenvalue weighted by Gasteiger charge is -2.17. The zero-order valence-corrected chi connectivity index (χ0v) is 10.9. The highest BCUT2D eigenvalue weighted by Gasteiger charge is 2.60. The molecule has 3 aliphatic heterocycles. The summed E-state index contributed by atoms with van der Waals surface area (Å²) in [5, 5.41) is 0. The molecule has 2 fully saturated rings. The van der Waals surface area contributed by atoms with Crippen LogP contribution in [0.25, 0.3) is 0 Å². The second kappa shape index (κ2) is 3.93. The minimum absolute atomic E-state index is 0.165. The number of methoxy groups -OCH3 is 1. The van der Waals surface area contributed by atoms with Crippen LogP contribution in [0.5, 0.6) is 5.75 Å². The molecule has 0 unspecified atom stereocenters. The van der Waals surface area contributed by atoms with Gasteiger partial charge in [-0.1, -0.05) is 12.2 Å². The van der Waals surface area contributed by atoms with Crippen LogP contribution < -0.4 is 9.64 Å². The van der Waals surface area contributed by atoms with Crippen LogP contribution in [0.1, 0.15) is 0 Å². The lowest BCUT2D eigenvalue weighted by Crippen LogP contribution is -2.34. The summed E-state index contributed by atoms with van der Waals surface area (Å²) in [5.41, 5.74) is 0.592. The van der Waals surface area contributed by atoms with E-state index in [0.717, 1.165) is 0 Å². The zero-order valence-electron chi connectivity index (χ0n) is 10.9. The van der Waals surface area contributed by atoms with Crippen molar-refractivity contribution in [1.29, 1.82) is 0 Å². The Morgan fingerprint density at radius 2 is 1.55 bits per heavy atom. The molecule has 0 aliphatic carbocycles. The van der Waals surface area contributed by atoms with Crippen LogP contribution in [0, 0.1) is 11.8 Å². The fourth-order valence-electron chi connectivity index (χ4n) is 3.29. The van der Waals surface area contributed by atoms with Crippen LogP contribution in [0.3, 0.4) is 0 Å². The fraction of sp³-hybridized carbons (Fsp3) is 0.333. The van der Waals surface area contributed by atoms with E-state index < -0.39 is 0 Å². The van der Waals surface area contributed by atoms with Crippen LogP contribution in [-0.4, -0.2) is 31.1 Å². The predicted molar refractivity (Wildman–Crippen MR) is 70.3 cm³/mol. The summed E-state index contributed by atoms with van der Waals surface area (Å²) in [6.07, 6.45) is 3.28. The van der Waals surface area contributed by atoms with Gasteiger partial charge in [0.25, 0.3) is 0 Å². The van der Waals surface area contributed by atoms with Crippen molar-refractivity contribution >= 4 is 17.5 Å². The van der Waals surface area contributed by atoms with Gasteiger partial charge in [0.15, 0.2) is 0 Å². The first kappa shape index (κ1) is 11.7. The van der Waals surface area contributed by atoms with E-state index in [1.807, 2.05) is 12.2 Å². The molecule has 0 aromatic heterocycles. The molecule has 4 atom stereocenters. The van der Waals surface area contributed by atoms with Crippen molar-refractivity contribution < 1.29 is 19.1 Å². The van der Waals surface area contributed by atoms with Crippen molar-refractivity contribution in [3.8, 4) is 5.75 Å². The summed E-state index contributed by atoms with van der Waals surface area (Å²) < 4.78 is 10.7. The number of amides is 2. The number of nitrogens with zero attached hydrogens (tertiary/aromatic N) is 1. The summed E-state index contributed by atoms with van der Waals surface area (Å²) in [6.45, 7) is 0. The second-order valence-corrected chi connectivity index (χ2v) is 5.21. The highest BCUT2D eigenvalue weighted by Crippen LogP contribution is 2.46. The molecule has 102 valence electrons. The molecule has 2 amide bonds. The predicted octanol–water partition coefficient (Wildman–Crippen LogP) is 1.14. The third kappa shape index (κ3) is 1.35. The standard InChI is InChI=1S/C15H13NO4/c1-19-9-4-2-8(3-5-9)16-14(17)12-10-6-7-11(20-10)13(12)15(16)18/h2-7,10-13H,1H3/t10-,11-,12-,13-/m1/s1. The van der Waals surface area contributed by atoms with Crippen LogP contribution >= 0.6 is 0 Å². The van der Waals surface area contributed by atoms with E-state index in [9.17, 15) is 9.59 Å². The zero-order chi connectivity index (χ0) is 13.9. The lowest BCUT2D eigenvalue weighted by atomic mass is 9.85. The van der Waals surface area contributed by atoms with Gasteiger partial charge in [0.2, 0.25) is 11.8 Å². The molecule has 3 heterocycles. The minimum Gasteiger partial charge on any atom is -0.497 e. The Morgan fingerprint density at radius 1 is 1.00 bits per heavy atom. The van der Waals surface area contributed by atoms with E-state index in [4.69, 9.17) is 9.47 Å². The molecule has 5 nitrogen and oxygen atoms in total. The van der Waals surface area contributed by atoms with Gasteiger partial charge in [0, 0.05) is 0 Å². The van der Waals surface area contributed by atoms with E-state index in [0.29, 0.717) is 11.4 Å². The van der Waals surface area contributed by atoms with Gasteiger partial charge < -0.3 is 9.47 Å². The summed E-state index contributed by atoms with van der Waals surface area (Å²) in [5.74, 6) is -0.360. The molecular formula is C15H13NO4. The van der Waals surface area contributed by atoms with E-state index >= 15 is 0 Å². The Balaban J connectivity index is 1.70. The normalized spacial score (nSPS) is 34.0. The fourth-order valence-corrected chi connectivity index (χ4v) is 3.29. The van der Waals surface area contributed by atoms with Crippen molar-refractivity contribution in [2.24, 2.45) is 11.8 Å². The maximum Gasteiger partial charge on any atom is 0.240 e. The SMILES string of the molecule is COc1ccc(N2C(=O)[C@H]3[C@H](C2=O)[C@H]2C=C[C@H]3O2)cc1. The lowest BCUT2D eigenvalue weighted by molar-refractivity contribution is -0.124. The Bertz CT molecular complexity index is 591. The van der Waals surface area contributed by atoms with E-state index in [1.54, 1.807) is 31.4 Å². The summed E-state index contributed by atoms with van der Waals surface area (Å²) in [6, 6.07) is 6.94. The highest BCUT2D eigenvalue weighted by molar-refractivity contribution is 6.23. The molecule has 0 saturated carbocycles. The number of hydrogen-bond donors (Lipinski definition) is 0. The Kier molecular flexibility index (Phi) is 2.29. The van der Waals surface area contributed by atoms with Gasteiger partial charge in [-0.2, -0.15) is 0 Å². The smallest absolute Gasteiger partial charge is 0.240 e. The van der Waals surface area contributed by atoms with Crippen LogP contribution in [0.4, 0.5) is 5.69 Å². The minimum atomic E-state index is -0.361. The first-order chi connectivity index (χ1) is 9.70. The number of ether oxygens (including phenoxy) is 2. The third-order valence-corrected chi connectivity index (χ3v) is 4.24. The molecule has 2 saturated heterocycles. The number of benzene rings is 1. The number of anilines is 1. The van der Waals surface area contributed by atoms with Crippen molar-refractivity contribution in [3.05, 3.63) is 36.4 Å². The summed E-state index contributed by atoms with van der Waals surface area (Å²) in [7, 11) is 1.58. The van der Waals surface area contributed by atoms with Crippen LogP contribution in [0.2, 0.25) is 0 Å². The Morgan fingerprint density at radius 3 is 2.05 bits per heavy atom. The number of carbonyl (C=O) groups is 2. The molecule has 3 aliphatic rings. The molecule has 2 bridgehead atoms. The van der Waals surface area contributed by atoms with Crippen molar-refractivity contribution in [3.63, 3.8) is 0 Å². The van der Waals surface area contributed by atoms with E-state index in [2.05, 4.69) is 0 Å². The van der Waals surface area contributed by atoms with Crippen molar-refractivity contribution in [1.82, 2.24) is 0 Å². The summed E-state index contributed by atoms with van der Waals surface area (Å²) in [4.78, 5) is 26.3. The molecule has 0 spiro atoms. The maximum atomic E-state index is 12.5. The molecule has 0 radical (unpaired) electrons. The third-order valence-electron chi connectivity index (χ3n) is 4.24. The number of imide groups is 1. The number of hydrogen-bond acceptors (Lipinski definition) is 4. The molecule has 20 heavy (non-hydrogen) atoms. The van der Waals surface area contributed by atoms with Crippen LogP contribution in [0.15, 0.2) is 36.4 Å². The first-order valence-electron chi connectivity index (χ1n) is 6.56. The average molecular weight is 271 g/mol. The van der Waals surface area contributed by atoms with Crippen molar-refractivity contribution in [2.75, 3.05) is 12.0 Å². The Hall–Kier alpha value is -2.14. The molecule has 4 rings (SSSR count). The van der Waals surface area contributed by atoms with Gasteiger partial charge in [-0.05, 0) is 24.3 Å². The molecule has 5 heteroatoms. The van der Waals surface area contributed by atoms with Crippen LogP contribution in [-0.2, 0) is 14.3 Å². The van der Waals surface area contributed by atoms with E-state index in [-0.39, 0.29) is 35.9 Å². The quantitative estimate of drug-likeness (QED) is 0.598. The molecule has 1 aromatic carbocycles. The van der Waals surface area contributed by atoms with Gasteiger partial charge in [0.05, 0.1) is 36.8 Å². The topological polar surface area (TPSA) is 55.8 Å². The van der Waals surface area contributed by atoms with Gasteiger partial charge in [-0.15, -0.1) is 0 Å². The average Bonchev–Trinajstić information content (AvgIpc) is 3.14. The van der Waals surface area contributed by atoms with Gasteiger partial charge in [0.1, 0.15) is 5.75 Å². The summed E-state index contributed by atoms with van der Waals surface area (Å²) >= 11 is 0. The number of carbonyl (C=O) groups excluding carboxylic acids is 2. The van der Waals surface area contributed by atoms with Gasteiger partial charge in [-0.3, -0.25) is 9.59 Å². The largest absolute Gasteiger partial charge is 0.497 e. The molecule has 0 N–H and O–H groups in total. The molecular weight excluding hydrogens is 258 g/mol.